The zero-order valence-corrected chi connectivity index (χ0v) is 14.0. The summed E-state index contributed by atoms with van der Waals surface area (Å²) in [5, 5.41) is 0.407. The number of amides is 1. The summed E-state index contributed by atoms with van der Waals surface area (Å²) in [6.45, 7) is 6.93. The monoisotopic (exact) mass is 308 g/mol. The van der Waals surface area contributed by atoms with Crippen LogP contribution in [0, 0.1) is 0 Å². The van der Waals surface area contributed by atoms with E-state index in [1.165, 1.54) is 19.3 Å². The van der Waals surface area contributed by atoms with Crippen molar-refractivity contribution < 1.29 is 4.79 Å². The Morgan fingerprint density at radius 3 is 2.57 bits per heavy atom. The smallest absolute Gasteiger partial charge is 0.254 e. The number of halogens is 1. The third-order valence-electron chi connectivity index (χ3n) is 4.27. The minimum absolute atomic E-state index is 0.0931. The van der Waals surface area contributed by atoms with Gasteiger partial charge < -0.3 is 4.90 Å². The Morgan fingerprint density at radius 1 is 1.33 bits per heavy atom. The number of hydrogen-bond acceptors (Lipinski definition) is 2. The van der Waals surface area contributed by atoms with E-state index in [-0.39, 0.29) is 11.8 Å². The lowest BCUT2D eigenvalue weighted by molar-refractivity contribution is 0.0647. The molecular weight excluding hydrogens is 284 g/mol. The molecule has 3 nitrogen and oxygen atoms in total. The van der Waals surface area contributed by atoms with Crippen molar-refractivity contribution >= 4 is 17.5 Å². The van der Waals surface area contributed by atoms with Crippen molar-refractivity contribution in [2.24, 2.45) is 0 Å². The molecule has 0 bridgehead atoms. The van der Waals surface area contributed by atoms with Crippen LogP contribution in [0.1, 0.15) is 74.8 Å². The van der Waals surface area contributed by atoms with Crippen LogP contribution in [-0.2, 0) is 0 Å². The summed E-state index contributed by atoms with van der Waals surface area (Å²) in [6, 6.07) is 3.97. The average Bonchev–Trinajstić information content (AvgIpc) is 2.48. The molecule has 0 saturated heterocycles. The quantitative estimate of drug-likeness (QED) is 0.758. The summed E-state index contributed by atoms with van der Waals surface area (Å²) in [4.78, 5) is 19.2. The molecule has 4 heteroatoms. The Hall–Kier alpha value is -1.09. The number of rotatable bonds is 4. The summed E-state index contributed by atoms with van der Waals surface area (Å²) >= 11 is 6.09. The van der Waals surface area contributed by atoms with Crippen LogP contribution in [-0.4, -0.2) is 28.4 Å². The topological polar surface area (TPSA) is 33.2 Å². The van der Waals surface area contributed by atoms with Crippen molar-refractivity contribution in [3.63, 3.8) is 0 Å². The van der Waals surface area contributed by atoms with Gasteiger partial charge in [0.2, 0.25) is 0 Å². The molecule has 0 unspecified atom stereocenters. The first-order valence-electron chi connectivity index (χ1n) is 8.01. The summed E-state index contributed by atoms with van der Waals surface area (Å²) < 4.78 is 0. The van der Waals surface area contributed by atoms with Crippen molar-refractivity contribution in [2.75, 3.05) is 6.54 Å². The number of hydrogen-bond donors (Lipinski definition) is 0. The number of carbonyl (C=O) groups is 1. The molecule has 1 aliphatic carbocycles. The van der Waals surface area contributed by atoms with Gasteiger partial charge in [-0.05, 0) is 37.8 Å². The Balaban J connectivity index is 2.24. The van der Waals surface area contributed by atoms with Crippen LogP contribution >= 0.6 is 11.6 Å². The van der Waals surface area contributed by atoms with Crippen LogP contribution in [0.25, 0.3) is 0 Å². The maximum atomic E-state index is 12.8. The first kappa shape index (κ1) is 16.3. The summed E-state index contributed by atoms with van der Waals surface area (Å²) in [5.41, 5.74) is 1.55. The van der Waals surface area contributed by atoms with Crippen molar-refractivity contribution in [2.45, 2.75) is 64.8 Å². The summed E-state index contributed by atoms with van der Waals surface area (Å²) in [6.07, 6.45) is 5.98. The number of pyridine rings is 1. The van der Waals surface area contributed by atoms with Gasteiger partial charge in [-0.3, -0.25) is 4.79 Å². The standard InChI is InChI=1S/C17H25ClN2O/c1-4-20(14-8-6-5-7-9-14)17(21)13-10-15(12(2)3)19-16(18)11-13/h10-12,14H,4-9H2,1-3H3. The van der Waals surface area contributed by atoms with Gasteiger partial charge in [0.1, 0.15) is 5.15 Å². The zero-order chi connectivity index (χ0) is 15.4. The van der Waals surface area contributed by atoms with Gasteiger partial charge in [-0.1, -0.05) is 44.7 Å². The molecule has 1 heterocycles. The van der Waals surface area contributed by atoms with E-state index in [9.17, 15) is 4.79 Å². The second kappa shape index (κ2) is 7.26. The highest BCUT2D eigenvalue weighted by Gasteiger charge is 2.25. The van der Waals surface area contributed by atoms with Gasteiger partial charge in [0, 0.05) is 23.8 Å². The van der Waals surface area contributed by atoms with E-state index in [0.717, 1.165) is 25.1 Å². The molecule has 1 aromatic rings. The van der Waals surface area contributed by atoms with E-state index in [1.54, 1.807) is 6.07 Å². The molecule has 1 aromatic heterocycles. The average molecular weight is 309 g/mol. The van der Waals surface area contributed by atoms with Crippen LogP contribution in [0.4, 0.5) is 0 Å². The Morgan fingerprint density at radius 2 is 2.00 bits per heavy atom. The minimum Gasteiger partial charge on any atom is -0.336 e. The molecule has 0 N–H and O–H groups in total. The maximum Gasteiger partial charge on any atom is 0.254 e. The van der Waals surface area contributed by atoms with Crippen LogP contribution in [0.15, 0.2) is 12.1 Å². The molecule has 1 aliphatic rings. The lowest BCUT2D eigenvalue weighted by Gasteiger charge is -2.33. The van der Waals surface area contributed by atoms with Gasteiger partial charge in [0.15, 0.2) is 0 Å². The predicted molar refractivity (Wildman–Crippen MR) is 86.9 cm³/mol. The van der Waals surface area contributed by atoms with Gasteiger partial charge in [-0.2, -0.15) is 0 Å². The normalized spacial score (nSPS) is 16.2. The van der Waals surface area contributed by atoms with E-state index >= 15 is 0 Å². The van der Waals surface area contributed by atoms with Crippen LogP contribution < -0.4 is 0 Å². The highest BCUT2D eigenvalue weighted by molar-refractivity contribution is 6.29. The lowest BCUT2D eigenvalue weighted by atomic mass is 9.93. The Kier molecular flexibility index (Phi) is 5.63. The molecule has 1 saturated carbocycles. The molecule has 0 spiro atoms. The first-order valence-corrected chi connectivity index (χ1v) is 8.39. The van der Waals surface area contributed by atoms with Crippen LogP contribution in [0.5, 0.6) is 0 Å². The molecule has 0 aliphatic heterocycles. The van der Waals surface area contributed by atoms with Crippen LogP contribution in [0.2, 0.25) is 5.15 Å². The van der Waals surface area contributed by atoms with E-state index in [1.807, 2.05) is 11.0 Å². The van der Waals surface area contributed by atoms with Crippen LogP contribution in [0.3, 0.4) is 0 Å². The second-order valence-electron chi connectivity index (χ2n) is 6.14. The number of aromatic nitrogens is 1. The van der Waals surface area contributed by atoms with E-state index in [2.05, 4.69) is 25.8 Å². The second-order valence-corrected chi connectivity index (χ2v) is 6.53. The largest absolute Gasteiger partial charge is 0.336 e. The molecule has 21 heavy (non-hydrogen) atoms. The van der Waals surface area contributed by atoms with Gasteiger partial charge in [-0.25, -0.2) is 4.98 Å². The van der Waals surface area contributed by atoms with Gasteiger partial charge >= 0.3 is 0 Å². The molecule has 2 rings (SSSR count). The summed E-state index contributed by atoms with van der Waals surface area (Å²) in [5.74, 6) is 0.357. The molecular formula is C17H25ClN2O. The number of nitrogens with zero attached hydrogens (tertiary/aromatic N) is 2. The van der Waals surface area contributed by atoms with E-state index < -0.39 is 0 Å². The fourth-order valence-corrected chi connectivity index (χ4v) is 3.28. The van der Waals surface area contributed by atoms with Crippen molar-refractivity contribution in [3.8, 4) is 0 Å². The highest BCUT2D eigenvalue weighted by atomic mass is 35.5. The summed E-state index contributed by atoms with van der Waals surface area (Å²) in [7, 11) is 0. The molecule has 1 fully saturated rings. The third kappa shape index (κ3) is 3.97. The molecule has 1 amide bonds. The Bertz CT molecular complexity index is 496. The molecule has 0 aromatic carbocycles. The lowest BCUT2D eigenvalue weighted by Crippen LogP contribution is -2.41. The molecule has 0 atom stereocenters. The first-order chi connectivity index (χ1) is 10.0. The fraction of sp³-hybridized carbons (Fsp3) is 0.647. The third-order valence-corrected chi connectivity index (χ3v) is 4.46. The zero-order valence-electron chi connectivity index (χ0n) is 13.2. The fourth-order valence-electron chi connectivity index (χ4n) is 3.06. The Labute approximate surface area is 132 Å². The SMILES string of the molecule is CCN(C(=O)c1cc(Cl)nc(C(C)C)c1)C1CCCCC1. The predicted octanol–water partition coefficient (Wildman–Crippen LogP) is 4.65. The van der Waals surface area contributed by atoms with Crippen molar-refractivity contribution in [1.82, 2.24) is 9.88 Å². The van der Waals surface area contributed by atoms with Gasteiger partial charge in [0.05, 0.1) is 0 Å². The van der Waals surface area contributed by atoms with Crippen molar-refractivity contribution in [1.29, 1.82) is 0 Å². The van der Waals surface area contributed by atoms with Gasteiger partial charge in [0.25, 0.3) is 5.91 Å². The van der Waals surface area contributed by atoms with Gasteiger partial charge in [-0.15, -0.1) is 0 Å². The molecule has 0 radical (unpaired) electrons. The minimum atomic E-state index is 0.0931. The number of carbonyl (C=O) groups excluding carboxylic acids is 1. The molecule has 116 valence electrons. The van der Waals surface area contributed by atoms with E-state index in [4.69, 9.17) is 11.6 Å². The van der Waals surface area contributed by atoms with Crippen molar-refractivity contribution in [3.05, 3.63) is 28.5 Å². The highest BCUT2D eigenvalue weighted by Crippen LogP contribution is 2.25. The van der Waals surface area contributed by atoms with E-state index in [0.29, 0.717) is 16.8 Å². The maximum absolute atomic E-state index is 12.8.